The van der Waals surface area contributed by atoms with Gasteiger partial charge in [-0.05, 0) is 63.4 Å². The van der Waals surface area contributed by atoms with Gasteiger partial charge in [0, 0.05) is 36.5 Å². The Morgan fingerprint density at radius 2 is 2.22 bits per heavy atom. The van der Waals surface area contributed by atoms with E-state index in [1.54, 1.807) is 0 Å². The molecule has 2 fully saturated rings. The zero-order chi connectivity index (χ0) is 18.8. The molecular formula is C20H27N5O2. The van der Waals surface area contributed by atoms with Crippen molar-refractivity contribution in [3.63, 3.8) is 0 Å². The normalized spacial score (nSPS) is 23.0. The van der Waals surface area contributed by atoms with Crippen LogP contribution in [0.4, 0.5) is 16.2 Å². The summed E-state index contributed by atoms with van der Waals surface area (Å²) in [6, 6.07) is 7.54. The van der Waals surface area contributed by atoms with Gasteiger partial charge in [0.1, 0.15) is 0 Å². The van der Waals surface area contributed by atoms with Gasteiger partial charge >= 0.3 is 6.09 Å². The van der Waals surface area contributed by atoms with Crippen LogP contribution in [-0.2, 0) is 0 Å². The molecule has 1 amide bonds. The van der Waals surface area contributed by atoms with Crippen molar-refractivity contribution in [1.29, 1.82) is 0 Å². The number of nitrogens with one attached hydrogen (secondary N) is 2. The Balaban J connectivity index is 1.37. The van der Waals surface area contributed by atoms with E-state index in [4.69, 9.17) is 4.74 Å². The fraction of sp³-hybridized carbons (Fsp3) is 0.500. The third-order valence-electron chi connectivity index (χ3n) is 5.73. The molecule has 1 aromatic carbocycles. The van der Waals surface area contributed by atoms with Crippen LogP contribution in [-0.4, -0.2) is 52.9 Å². The smallest absolute Gasteiger partial charge is 0.407 e. The second-order valence-corrected chi connectivity index (χ2v) is 7.57. The van der Waals surface area contributed by atoms with Crippen LogP contribution in [0.25, 0.3) is 0 Å². The minimum atomic E-state index is -0.517. The van der Waals surface area contributed by atoms with Crippen LogP contribution in [0, 0.1) is 6.92 Å². The molecular weight excluding hydrogens is 342 g/mol. The van der Waals surface area contributed by atoms with Gasteiger partial charge in [0.2, 0.25) is 0 Å². The third kappa shape index (κ3) is 3.93. The molecule has 7 heteroatoms. The number of anilines is 2. The minimum absolute atomic E-state index is 0.390. The number of hydrogen-bond donors (Lipinski definition) is 2. The van der Waals surface area contributed by atoms with E-state index in [2.05, 4.69) is 44.4 Å². The quantitative estimate of drug-likeness (QED) is 0.864. The lowest BCUT2D eigenvalue weighted by molar-refractivity contribution is 0.204. The number of ether oxygens (including phenoxy) is 1. The second kappa shape index (κ2) is 7.60. The van der Waals surface area contributed by atoms with Gasteiger partial charge in [-0.25, -0.2) is 4.79 Å². The molecule has 2 N–H and O–H groups in total. The van der Waals surface area contributed by atoms with Crippen molar-refractivity contribution in [3.05, 3.63) is 36.2 Å². The van der Waals surface area contributed by atoms with E-state index in [9.17, 15) is 4.79 Å². The van der Waals surface area contributed by atoms with Crippen molar-refractivity contribution in [2.45, 2.75) is 45.2 Å². The van der Waals surface area contributed by atoms with Gasteiger partial charge in [0.15, 0.2) is 5.75 Å². The molecule has 7 nitrogen and oxygen atoms in total. The predicted octanol–water partition coefficient (Wildman–Crippen LogP) is 3.39. The molecule has 0 bridgehead atoms. The van der Waals surface area contributed by atoms with Crippen LogP contribution in [0.15, 0.2) is 30.6 Å². The number of hydrogen-bond acceptors (Lipinski definition) is 5. The Labute approximate surface area is 159 Å². The molecule has 0 saturated carbocycles. The molecule has 2 aliphatic rings. The van der Waals surface area contributed by atoms with Crippen LogP contribution >= 0.6 is 0 Å². The molecule has 2 saturated heterocycles. The highest BCUT2D eigenvalue weighted by Gasteiger charge is 2.32. The Morgan fingerprint density at radius 1 is 1.33 bits per heavy atom. The lowest BCUT2D eigenvalue weighted by atomic mass is 10.1. The van der Waals surface area contributed by atoms with Crippen LogP contribution in [0.3, 0.4) is 0 Å². The monoisotopic (exact) mass is 369 g/mol. The zero-order valence-electron chi connectivity index (χ0n) is 15.9. The van der Waals surface area contributed by atoms with Gasteiger partial charge in [-0.1, -0.05) is 0 Å². The van der Waals surface area contributed by atoms with Crippen molar-refractivity contribution in [1.82, 2.24) is 15.1 Å². The number of carbonyl (C=O) groups excluding carboxylic acids is 1. The zero-order valence-corrected chi connectivity index (χ0v) is 15.9. The molecule has 2 aromatic rings. The Morgan fingerprint density at radius 3 is 2.93 bits per heavy atom. The topological polar surface area (TPSA) is 73.5 Å². The highest BCUT2D eigenvalue weighted by atomic mass is 16.6. The summed E-state index contributed by atoms with van der Waals surface area (Å²) in [5, 5.41) is 9.16. The van der Waals surface area contributed by atoms with Crippen LogP contribution in [0.1, 0.15) is 31.7 Å². The number of benzene rings is 1. The second-order valence-electron chi connectivity index (χ2n) is 7.57. The van der Waals surface area contributed by atoms with E-state index >= 15 is 0 Å². The summed E-state index contributed by atoms with van der Waals surface area (Å²) in [5.41, 5.74) is 3.00. The molecule has 2 aliphatic heterocycles. The molecule has 0 spiro atoms. The van der Waals surface area contributed by atoms with E-state index in [-0.39, 0.29) is 0 Å². The number of aromatic amines is 1. The van der Waals surface area contributed by atoms with Crippen LogP contribution in [0.5, 0.6) is 5.75 Å². The molecule has 1 aromatic heterocycles. The fourth-order valence-corrected chi connectivity index (χ4v) is 4.27. The SMILES string of the molecule is Cc1cc(N2CCC(N3CCCC3C)C2)ccc1NC(=O)Oc1cn[nH]c1. The van der Waals surface area contributed by atoms with E-state index < -0.39 is 6.09 Å². The summed E-state index contributed by atoms with van der Waals surface area (Å²) >= 11 is 0. The first kappa shape index (κ1) is 17.9. The van der Waals surface area contributed by atoms with Crippen LogP contribution in [0.2, 0.25) is 0 Å². The van der Waals surface area contributed by atoms with E-state index in [1.807, 2.05) is 13.0 Å². The molecule has 0 aliphatic carbocycles. The highest BCUT2D eigenvalue weighted by molar-refractivity contribution is 5.87. The van der Waals surface area contributed by atoms with Crippen molar-refractivity contribution in [3.8, 4) is 5.75 Å². The van der Waals surface area contributed by atoms with E-state index in [1.165, 1.54) is 43.9 Å². The van der Waals surface area contributed by atoms with Crippen molar-refractivity contribution < 1.29 is 9.53 Å². The number of likely N-dealkylation sites (tertiary alicyclic amines) is 1. The van der Waals surface area contributed by atoms with Gasteiger partial charge in [-0.15, -0.1) is 0 Å². The molecule has 2 unspecified atom stereocenters. The molecule has 4 rings (SSSR count). The summed E-state index contributed by atoms with van der Waals surface area (Å²) in [5.74, 6) is 0.390. The van der Waals surface area contributed by atoms with Gasteiger partial charge in [0.05, 0.1) is 12.4 Å². The first-order chi connectivity index (χ1) is 13.1. The average molecular weight is 369 g/mol. The van der Waals surface area contributed by atoms with Gasteiger partial charge in [0.25, 0.3) is 0 Å². The Kier molecular flexibility index (Phi) is 5.03. The average Bonchev–Trinajstić information content (AvgIpc) is 3.38. The predicted molar refractivity (Wildman–Crippen MR) is 105 cm³/mol. The molecule has 144 valence electrons. The molecule has 3 heterocycles. The van der Waals surface area contributed by atoms with Gasteiger partial charge in [-0.2, -0.15) is 5.10 Å². The first-order valence-corrected chi connectivity index (χ1v) is 9.69. The molecule has 0 radical (unpaired) electrons. The maximum Gasteiger partial charge on any atom is 0.417 e. The lowest BCUT2D eigenvalue weighted by Gasteiger charge is -2.28. The van der Waals surface area contributed by atoms with Crippen molar-refractivity contribution >= 4 is 17.5 Å². The largest absolute Gasteiger partial charge is 0.417 e. The fourth-order valence-electron chi connectivity index (χ4n) is 4.27. The lowest BCUT2D eigenvalue weighted by Crippen LogP contribution is -2.39. The summed E-state index contributed by atoms with van der Waals surface area (Å²) in [7, 11) is 0. The number of aryl methyl sites for hydroxylation is 1. The van der Waals surface area contributed by atoms with E-state index in [0.29, 0.717) is 17.8 Å². The molecule has 2 atom stereocenters. The van der Waals surface area contributed by atoms with Crippen LogP contribution < -0.4 is 15.0 Å². The first-order valence-electron chi connectivity index (χ1n) is 9.69. The Bertz CT molecular complexity index is 792. The van der Waals surface area contributed by atoms with E-state index in [0.717, 1.165) is 24.3 Å². The van der Waals surface area contributed by atoms with Gasteiger partial charge < -0.3 is 9.64 Å². The maximum absolute atomic E-state index is 12.0. The Hall–Kier alpha value is -2.54. The number of rotatable bonds is 4. The maximum atomic E-state index is 12.0. The van der Waals surface area contributed by atoms with Crippen molar-refractivity contribution in [2.24, 2.45) is 0 Å². The summed E-state index contributed by atoms with van der Waals surface area (Å²) < 4.78 is 5.16. The number of amides is 1. The standard InChI is InChI=1S/C20H27N5O2/c1-14-10-16(24-9-7-17(13-24)25-8-3-4-15(25)2)5-6-19(14)23-20(26)27-18-11-21-22-12-18/h5-6,10-12,15,17H,3-4,7-9,13H2,1-2H3,(H,21,22)(H,23,26). The van der Waals surface area contributed by atoms with Gasteiger partial charge in [-0.3, -0.25) is 15.3 Å². The minimum Gasteiger partial charge on any atom is -0.407 e. The third-order valence-corrected chi connectivity index (χ3v) is 5.73. The summed E-state index contributed by atoms with van der Waals surface area (Å²) in [6.07, 6.45) is 6.34. The number of H-pyrrole nitrogens is 1. The summed E-state index contributed by atoms with van der Waals surface area (Å²) in [4.78, 5) is 17.1. The number of nitrogens with zero attached hydrogens (tertiary/aromatic N) is 3. The molecule has 27 heavy (non-hydrogen) atoms. The number of aromatic nitrogens is 2. The van der Waals surface area contributed by atoms with Crippen molar-refractivity contribution in [2.75, 3.05) is 29.9 Å². The summed E-state index contributed by atoms with van der Waals surface area (Å²) in [6.45, 7) is 7.76. The highest BCUT2D eigenvalue weighted by Crippen LogP contribution is 2.30. The number of carbonyl (C=O) groups is 1.